The van der Waals surface area contributed by atoms with Crippen molar-refractivity contribution in [3.05, 3.63) is 0 Å². The summed E-state index contributed by atoms with van der Waals surface area (Å²) < 4.78 is 17.2. The number of nitrogens with zero attached hydrogens (tertiary/aromatic N) is 1. The zero-order valence-electron chi connectivity index (χ0n) is 39.1. The number of rotatable bonds is 42. The van der Waals surface area contributed by atoms with Gasteiger partial charge >= 0.3 is 17.9 Å². The van der Waals surface area contributed by atoms with E-state index in [2.05, 4.69) is 32.6 Å². The molecule has 0 radical (unpaired) electrons. The molecule has 0 aromatic rings. The Morgan fingerprint density at radius 3 is 1.17 bits per heavy atom. The van der Waals surface area contributed by atoms with E-state index in [4.69, 9.17) is 14.2 Å². The average Bonchev–Trinajstić information content (AvgIpc) is 3.22. The highest BCUT2D eigenvalue weighted by molar-refractivity contribution is 5.72. The first-order valence-corrected chi connectivity index (χ1v) is 25.6. The predicted molar refractivity (Wildman–Crippen MR) is 244 cm³/mol. The first kappa shape index (κ1) is 54.4. The fraction of sp³-hybridized carbons (Fsp3) is 0.941. The Morgan fingerprint density at radius 2 is 0.776 bits per heavy atom. The second kappa shape index (κ2) is 40.8. The van der Waals surface area contributed by atoms with E-state index in [0.29, 0.717) is 44.5 Å². The lowest BCUT2D eigenvalue weighted by molar-refractivity contribution is -0.150. The van der Waals surface area contributed by atoms with E-state index in [1.807, 2.05) is 0 Å². The summed E-state index contributed by atoms with van der Waals surface area (Å²) in [5, 5.41) is 0. The Bertz CT molecular complexity index is 860. The fourth-order valence-electron chi connectivity index (χ4n) is 8.75. The van der Waals surface area contributed by atoms with E-state index in [1.165, 1.54) is 96.3 Å². The molecule has 342 valence electrons. The van der Waals surface area contributed by atoms with Crippen LogP contribution in [0, 0.1) is 17.8 Å². The number of carbonyl (C=O) groups excluding carboxylic acids is 3. The average molecular weight is 820 g/mol. The maximum atomic E-state index is 13.2. The van der Waals surface area contributed by atoms with Crippen molar-refractivity contribution >= 4 is 17.9 Å². The smallest absolute Gasteiger partial charge is 0.308 e. The molecule has 0 unspecified atom stereocenters. The van der Waals surface area contributed by atoms with Crippen LogP contribution >= 0.6 is 0 Å². The van der Waals surface area contributed by atoms with Gasteiger partial charge in [0.2, 0.25) is 0 Å². The zero-order valence-corrected chi connectivity index (χ0v) is 39.1. The van der Waals surface area contributed by atoms with E-state index in [1.54, 1.807) is 0 Å². The van der Waals surface area contributed by atoms with Gasteiger partial charge in [-0.05, 0) is 89.1 Å². The van der Waals surface area contributed by atoms with Crippen LogP contribution in [-0.2, 0) is 28.6 Å². The van der Waals surface area contributed by atoms with E-state index in [0.717, 1.165) is 135 Å². The molecule has 0 aromatic heterocycles. The molecule has 7 nitrogen and oxygen atoms in total. The SMILES string of the molecule is CCCCCC(CCCCC)CC(=O)OCCCCCCCCC(CCCCCCCCOC(=O)CC(CCCCC)CCCCC)C(=O)OCCN1CCCCC1. The van der Waals surface area contributed by atoms with Gasteiger partial charge in [-0.15, -0.1) is 0 Å². The van der Waals surface area contributed by atoms with Crippen LogP contribution in [0.3, 0.4) is 0 Å². The van der Waals surface area contributed by atoms with Gasteiger partial charge in [-0.1, -0.05) is 175 Å². The number of hydrogen-bond acceptors (Lipinski definition) is 7. The monoisotopic (exact) mass is 820 g/mol. The number of carbonyl (C=O) groups is 3. The van der Waals surface area contributed by atoms with E-state index in [9.17, 15) is 14.4 Å². The van der Waals surface area contributed by atoms with Crippen molar-refractivity contribution in [3.63, 3.8) is 0 Å². The quantitative estimate of drug-likeness (QED) is 0.0345. The van der Waals surface area contributed by atoms with Gasteiger partial charge in [-0.3, -0.25) is 19.3 Å². The third-order valence-electron chi connectivity index (χ3n) is 12.6. The Morgan fingerprint density at radius 1 is 0.414 bits per heavy atom. The van der Waals surface area contributed by atoms with Gasteiger partial charge in [0.25, 0.3) is 0 Å². The van der Waals surface area contributed by atoms with Crippen molar-refractivity contribution in [1.82, 2.24) is 4.90 Å². The number of unbranched alkanes of at least 4 members (excludes halogenated alkanes) is 18. The van der Waals surface area contributed by atoms with Crippen LogP contribution in [0.15, 0.2) is 0 Å². The molecule has 1 heterocycles. The molecule has 1 rings (SSSR count). The Hall–Kier alpha value is -1.63. The summed E-state index contributed by atoms with van der Waals surface area (Å²) in [5.41, 5.74) is 0. The topological polar surface area (TPSA) is 82.1 Å². The minimum absolute atomic E-state index is 0.000669. The maximum absolute atomic E-state index is 13.2. The summed E-state index contributed by atoms with van der Waals surface area (Å²) in [5.74, 6) is 0.980. The first-order chi connectivity index (χ1) is 28.4. The van der Waals surface area contributed by atoms with Crippen LogP contribution in [0.4, 0.5) is 0 Å². The largest absolute Gasteiger partial charge is 0.466 e. The second-order valence-electron chi connectivity index (χ2n) is 18.2. The Labute approximate surface area is 360 Å². The van der Waals surface area contributed by atoms with Gasteiger partial charge in [0.15, 0.2) is 0 Å². The fourth-order valence-corrected chi connectivity index (χ4v) is 8.75. The van der Waals surface area contributed by atoms with Crippen LogP contribution in [0.1, 0.15) is 252 Å². The number of piperidine rings is 1. The summed E-state index contributed by atoms with van der Waals surface area (Å²) in [6.07, 6.45) is 39.4. The van der Waals surface area contributed by atoms with Gasteiger partial charge in [-0.2, -0.15) is 0 Å². The molecule has 0 atom stereocenters. The number of hydrogen-bond donors (Lipinski definition) is 0. The molecule has 58 heavy (non-hydrogen) atoms. The van der Waals surface area contributed by atoms with Crippen LogP contribution in [-0.4, -0.2) is 62.3 Å². The third kappa shape index (κ3) is 33.1. The number of likely N-dealkylation sites (tertiary alicyclic amines) is 1. The van der Waals surface area contributed by atoms with E-state index < -0.39 is 0 Å². The van der Waals surface area contributed by atoms with Crippen molar-refractivity contribution in [3.8, 4) is 0 Å². The molecular weight excluding hydrogens is 723 g/mol. The highest BCUT2D eigenvalue weighted by Gasteiger charge is 2.21. The molecule has 0 saturated carbocycles. The van der Waals surface area contributed by atoms with Crippen LogP contribution in [0.2, 0.25) is 0 Å². The van der Waals surface area contributed by atoms with Gasteiger partial charge < -0.3 is 14.2 Å². The molecule has 0 aliphatic carbocycles. The molecule has 0 N–H and O–H groups in total. The minimum Gasteiger partial charge on any atom is -0.466 e. The second-order valence-corrected chi connectivity index (χ2v) is 18.2. The summed E-state index contributed by atoms with van der Waals surface area (Å²) >= 11 is 0. The minimum atomic E-state index is -0.000719. The Kier molecular flexibility index (Phi) is 38.2. The van der Waals surface area contributed by atoms with Crippen LogP contribution < -0.4 is 0 Å². The van der Waals surface area contributed by atoms with Crippen molar-refractivity contribution in [2.45, 2.75) is 252 Å². The molecule has 0 spiro atoms. The molecule has 0 aromatic carbocycles. The molecule has 0 amide bonds. The van der Waals surface area contributed by atoms with Crippen molar-refractivity contribution in [2.75, 3.05) is 39.5 Å². The number of esters is 3. The predicted octanol–water partition coefficient (Wildman–Crippen LogP) is 14.5. The van der Waals surface area contributed by atoms with Crippen molar-refractivity contribution in [2.24, 2.45) is 17.8 Å². The molecule has 7 heteroatoms. The third-order valence-corrected chi connectivity index (χ3v) is 12.6. The van der Waals surface area contributed by atoms with Gasteiger partial charge in [0.05, 0.1) is 19.1 Å². The molecule has 1 saturated heterocycles. The lowest BCUT2D eigenvalue weighted by Crippen LogP contribution is -2.33. The lowest BCUT2D eigenvalue weighted by Gasteiger charge is -2.26. The summed E-state index contributed by atoms with van der Waals surface area (Å²) in [6, 6.07) is 0. The summed E-state index contributed by atoms with van der Waals surface area (Å²) in [6.45, 7) is 13.7. The summed E-state index contributed by atoms with van der Waals surface area (Å²) in [7, 11) is 0. The normalized spacial score (nSPS) is 13.5. The van der Waals surface area contributed by atoms with Crippen molar-refractivity contribution < 1.29 is 28.6 Å². The number of ether oxygens (including phenoxy) is 3. The maximum Gasteiger partial charge on any atom is 0.308 e. The summed E-state index contributed by atoms with van der Waals surface area (Å²) in [4.78, 5) is 40.8. The molecule has 0 bridgehead atoms. The standard InChI is InChI=1S/C51H97NO6/c1-5-9-22-32-46(33-23-10-6-2)44-49(53)56-41-30-19-15-13-17-26-36-48(51(55)58-43-40-52-38-28-21-29-39-52)37-27-18-14-16-20-31-42-57-50(54)45-47(34-24-11-7-3)35-25-12-8-4/h46-48H,5-45H2,1-4H3. The van der Waals surface area contributed by atoms with Crippen molar-refractivity contribution in [1.29, 1.82) is 0 Å². The first-order valence-electron chi connectivity index (χ1n) is 25.6. The molecular formula is C51H97NO6. The molecule has 1 aliphatic heterocycles. The molecule has 1 aliphatic rings. The van der Waals surface area contributed by atoms with Gasteiger partial charge in [0.1, 0.15) is 6.61 Å². The van der Waals surface area contributed by atoms with Crippen LogP contribution in [0.25, 0.3) is 0 Å². The Balaban J connectivity index is 2.30. The highest BCUT2D eigenvalue weighted by Crippen LogP contribution is 2.24. The molecule has 1 fully saturated rings. The van der Waals surface area contributed by atoms with E-state index >= 15 is 0 Å². The highest BCUT2D eigenvalue weighted by atomic mass is 16.5. The lowest BCUT2D eigenvalue weighted by atomic mass is 9.92. The zero-order chi connectivity index (χ0) is 42.2. The van der Waals surface area contributed by atoms with E-state index in [-0.39, 0.29) is 23.8 Å². The van der Waals surface area contributed by atoms with Gasteiger partial charge in [0, 0.05) is 19.4 Å². The van der Waals surface area contributed by atoms with Gasteiger partial charge in [-0.25, -0.2) is 0 Å². The van der Waals surface area contributed by atoms with Crippen LogP contribution in [0.5, 0.6) is 0 Å².